The number of nitrogens with zero attached hydrogens (tertiary/aromatic N) is 4. The zero-order chi connectivity index (χ0) is 54.1. The normalized spacial score (nSPS) is 24.8. The van der Waals surface area contributed by atoms with Crippen LogP contribution in [0.25, 0.3) is 65.2 Å². The average Bonchev–Trinajstić information content (AvgIpc) is 4.19. The third kappa shape index (κ3) is 9.05. The Morgan fingerprint density at radius 3 is 1.42 bits per heavy atom. The van der Waals surface area contributed by atoms with E-state index in [1.54, 1.807) is 59.6 Å². The summed E-state index contributed by atoms with van der Waals surface area (Å²) in [4.78, 5) is 37.2. The molecule has 8 heterocycles. The van der Waals surface area contributed by atoms with Gasteiger partial charge in [0.15, 0.2) is 23.0 Å². The largest absolute Gasteiger partial charge is 0.462 e. The number of aromatic nitrogens is 4. The molecule has 77 heavy (non-hydrogen) atoms. The van der Waals surface area contributed by atoms with Crippen molar-refractivity contribution < 1.29 is 73.6 Å². The SMILES string of the molecule is CNCCn1c(=O)c2cc(O[C@@H]3O[C@@H](C)[C@@H](O)[C@@H](O)[C@@H]3O)c(C)cc2c2cnc3cc4c(cc3c21)OCO4.CNCCn1c(=O)c2cc(O[C@@H]3O[C@H](CO)[C@H](O)[C@H](O)[C@H]3O)c(C)cc2c2cnc3cc4c(cc3c21)OCO4. The van der Waals surface area contributed by atoms with Gasteiger partial charge in [0.2, 0.25) is 26.2 Å². The van der Waals surface area contributed by atoms with Crippen molar-refractivity contribution in [1.29, 1.82) is 0 Å². The fourth-order valence-corrected chi connectivity index (χ4v) is 10.4. The van der Waals surface area contributed by atoms with Gasteiger partial charge in [0.25, 0.3) is 11.1 Å². The molecule has 12 rings (SSSR count). The number of rotatable bonds is 11. The molecule has 4 aromatic carbocycles. The highest BCUT2D eigenvalue weighted by Gasteiger charge is 2.45. The van der Waals surface area contributed by atoms with Gasteiger partial charge in [-0.05, 0) is 93.2 Å². The summed E-state index contributed by atoms with van der Waals surface area (Å²) in [5.41, 5.74) is 3.68. The molecule has 4 aromatic heterocycles. The molecule has 2 fully saturated rings. The van der Waals surface area contributed by atoms with Crippen molar-refractivity contribution in [3.63, 3.8) is 0 Å². The molecule has 8 aromatic rings. The molecule has 23 heteroatoms. The molecule has 23 nitrogen and oxygen atoms in total. The number of fused-ring (bicyclic) bond motifs is 12. The van der Waals surface area contributed by atoms with E-state index in [-0.39, 0.29) is 30.5 Å². The Hall–Kier alpha value is -7.00. The van der Waals surface area contributed by atoms with Gasteiger partial charge in [0.1, 0.15) is 54.2 Å². The Morgan fingerprint density at radius 2 is 0.974 bits per heavy atom. The van der Waals surface area contributed by atoms with Gasteiger partial charge < -0.3 is 93.4 Å². The highest BCUT2D eigenvalue weighted by atomic mass is 16.7. The molecule has 406 valence electrons. The van der Waals surface area contributed by atoms with E-state index in [1.807, 2.05) is 45.3 Å². The molecule has 0 unspecified atom stereocenters. The van der Waals surface area contributed by atoms with Gasteiger partial charge in [0.05, 0.1) is 45.6 Å². The first-order valence-corrected chi connectivity index (χ1v) is 25.1. The van der Waals surface area contributed by atoms with Crippen LogP contribution in [0.3, 0.4) is 0 Å². The second-order valence-electron chi connectivity index (χ2n) is 19.5. The van der Waals surface area contributed by atoms with E-state index >= 15 is 0 Å². The lowest BCUT2D eigenvalue weighted by atomic mass is 9.99. The number of likely N-dealkylation sites (N-methyl/N-ethyl adjacent to an activating group) is 2. The number of aliphatic hydroxyl groups excluding tert-OH is 7. The number of aryl methyl sites for hydroxylation is 2. The molecule has 4 aliphatic rings. The standard InChI is InChI=1S/C27H29N3O9.C27H29N3O8/c1-12-5-13-14(6-18(12)38-27-25(34)24(33)23(32)21(10-31)39-27)26(35)30(4-3-28-2)22-15-7-19-20(37-11-36-19)8-17(15)29-9-16(13)22;1-12-6-14-15(7-19(12)38-27-25(33)24(32)23(31)13(2)37-27)26(34)30(5-4-28-3)22-16-8-20-21(36-11-35-20)9-18(16)29-10-17(14)22/h5-9,21,23-25,27-28,31-34H,3-4,10-11H2,1-2H3;6-10,13,23-25,27-28,31-33H,4-5,11H2,1-3H3/t21-,23+,24+,25-,27-;13-,23+,24+,25-,27-/m10/s1. The van der Waals surface area contributed by atoms with Gasteiger partial charge in [-0.1, -0.05) is 0 Å². The van der Waals surface area contributed by atoms with E-state index < -0.39 is 68.0 Å². The van der Waals surface area contributed by atoms with Crippen molar-refractivity contribution in [1.82, 2.24) is 29.7 Å². The lowest BCUT2D eigenvalue weighted by molar-refractivity contribution is -0.277. The Bertz CT molecular complexity index is 3740. The quantitative estimate of drug-likeness (QED) is 0.0825. The third-order valence-electron chi connectivity index (χ3n) is 14.7. The highest BCUT2D eigenvalue weighted by molar-refractivity contribution is 6.16. The third-order valence-corrected chi connectivity index (χ3v) is 14.7. The molecule has 0 aliphatic carbocycles. The molecule has 10 atom stereocenters. The molecule has 0 radical (unpaired) electrons. The van der Waals surface area contributed by atoms with Gasteiger partial charge in [-0.25, -0.2) is 0 Å². The van der Waals surface area contributed by atoms with Crippen LogP contribution >= 0.6 is 0 Å². The van der Waals surface area contributed by atoms with Crippen LogP contribution in [-0.4, -0.2) is 164 Å². The second-order valence-corrected chi connectivity index (χ2v) is 19.5. The molecule has 2 saturated heterocycles. The number of hydrogen-bond acceptors (Lipinski definition) is 21. The van der Waals surface area contributed by atoms with Crippen LogP contribution in [0, 0.1) is 13.8 Å². The molecule has 0 bridgehead atoms. The molecular formula is C54H58N6O17. The lowest BCUT2D eigenvalue weighted by Gasteiger charge is -2.39. The van der Waals surface area contributed by atoms with Gasteiger partial charge in [-0.2, -0.15) is 0 Å². The van der Waals surface area contributed by atoms with E-state index in [4.69, 9.17) is 37.9 Å². The fourth-order valence-electron chi connectivity index (χ4n) is 10.4. The number of ether oxygens (including phenoxy) is 8. The minimum atomic E-state index is -1.58. The number of aliphatic hydroxyl groups is 7. The summed E-state index contributed by atoms with van der Waals surface area (Å²) in [5, 5.41) is 82.3. The van der Waals surface area contributed by atoms with Crippen LogP contribution in [-0.2, 0) is 22.6 Å². The van der Waals surface area contributed by atoms with Crippen LogP contribution in [0.5, 0.6) is 34.5 Å². The van der Waals surface area contributed by atoms with Gasteiger partial charge in [-0.3, -0.25) is 19.6 Å². The number of benzene rings is 4. The van der Waals surface area contributed by atoms with Crippen LogP contribution in [0.15, 0.2) is 70.5 Å². The molecule has 0 saturated carbocycles. The fraction of sp³-hybridized carbons (Fsp3) is 0.407. The summed E-state index contributed by atoms with van der Waals surface area (Å²) in [6.07, 6.45) is -9.79. The lowest BCUT2D eigenvalue weighted by Crippen LogP contribution is -2.60. The van der Waals surface area contributed by atoms with Gasteiger partial charge >= 0.3 is 0 Å². The van der Waals surface area contributed by atoms with Crippen LogP contribution in [0.2, 0.25) is 0 Å². The first-order valence-electron chi connectivity index (χ1n) is 25.1. The predicted octanol–water partition coefficient (Wildman–Crippen LogP) is 1.30. The number of nitrogens with one attached hydrogen (secondary N) is 2. The maximum absolute atomic E-state index is 14.0. The summed E-state index contributed by atoms with van der Waals surface area (Å²) < 4.78 is 48.6. The first-order chi connectivity index (χ1) is 37.1. The zero-order valence-electron chi connectivity index (χ0n) is 42.5. The maximum Gasteiger partial charge on any atom is 0.259 e. The average molecular weight is 1060 g/mol. The first kappa shape index (κ1) is 52.1. The monoisotopic (exact) mass is 1060 g/mol. The minimum absolute atomic E-state index is 0.121. The van der Waals surface area contributed by atoms with Crippen LogP contribution < -0.4 is 50.2 Å². The maximum atomic E-state index is 14.0. The van der Waals surface area contributed by atoms with E-state index in [0.717, 1.165) is 27.1 Å². The van der Waals surface area contributed by atoms with Crippen molar-refractivity contribution in [3.8, 4) is 34.5 Å². The Balaban J connectivity index is 0.000000164. The molecule has 0 spiro atoms. The smallest absolute Gasteiger partial charge is 0.259 e. The van der Waals surface area contributed by atoms with E-state index in [1.165, 1.54) is 0 Å². The Labute approximate surface area is 437 Å². The summed E-state index contributed by atoms with van der Waals surface area (Å²) in [6, 6.07) is 14.2. The van der Waals surface area contributed by atoms with Crippen LogP contribution in [0.4, 0.5) is 0 Å². The van der Waals surface area contributed by atoms with Crippen molar-refractivity contribution in [2.45, 2.75) is 95.3 Å². The highest BCUT2D eigenvalue weighted by Crippen LogP contribution is 2.42. The molecule has 4 aliphatic heterocycles. The summed E-state index contributed by atoms with van der Waals surface area (Å²) >= 11 is 0. The van der Waals surface area contributed by atoms with Gasteiger partial charge in [-0.15, -0.1) is 0 Å². The minimum Gasteiger partial charge on any atom is -0.462 e. The summed E-state index contributed by atoms with van der Waals surface area (Å²) in [7, 11) is 3.63. The predicted molar refractivity (Wildman–Crippen MR) is 279 cm³/mol. The number of hydrogen-bond donors (Lipinski definition) is 9. The summed E-state index contributed by atoms with van der Waals surface area (Å²) in [6.45, 7) is 6.75. The van der Waals surface area contributed by atoms with Crippen molar-refractivity contribution in [2.24, 2.45) is 0 Å². The molecular weight excluding hydrogens is 1000 g/mol. The van der Waals surface area contributed by atoms with Crippen LogP contribution in [0.1, 0.15) is 18.1 Å². The zero-order valence-corrected chi connectivity index (χ0v) is 42.5. The molecule has 0 amide bonds. The Kier molecular flexibility index (Phi) is 14.0. The van der Waals surface area contributed by atoms with Crippen molar-refractivity contribution in [3.05, 3.63) is 92.8 Å². The van der Waals surface area contributed by atoms with E-state index in [2.05, 4.69) is 20.6 Å². The van der Waals surface area contributed by atoms with Crippen molar-refractivity contribution >= 4 is 65.2 Å². The van der Waals surface area contributed by atoms with E-state index in [9.17, 15) is 45.3 Å². The topological polar surface area (TPSA) is 309 Å². The van der Waals surface area contributed by atoms with Gasteiger partial charge in [0, 0.05) is 72.3 Å². The second kappa shape index (κ2) is 20.8. The Morgan fingerprint density at radius 1 is 0.545 bits per heavy atom. The van der Waals surface area contributed by atoms with E-state index in [0.29, 0.717) is 104 Å². The molecule has 9 N–H and O–H groups in total. The summed E-state index contributed by atoms with van der Waals surface area (Å²) in [5.74, 6) is 2.98. The van der Waals surface area contributed by atoms with Crippen molar-refractivity contribution in [2.75, 3.05) is 47.4 Å². The number of pyridine rings is 4.